The van der Waals surface area contributed by atoms with Crippen molar-refractivity contribution in [1.29, 1.82) is 0 Å². The summed E-state index contributed by atoms with van der Waals surface area (Å²) in [6, 6.07) is 17.0. The molecule has 8 heteroatoms. The van der Waals surface area contributed by atoms with Crippen LogP contribution in [0.2, 0.25) is 0 Å². The summed E-state index contributed by atoms with van der Waals surface area (Å²) in [4.78, 5) is 7.88. The van der Waals surface area contributed by atoms with E-state index in [2.05, 4.69) is 59.2 Å². The normalized spacial score (nSPS) is 14.1. The van der Waals surface area contributed by atoms with E-state index in [9.17, 15) is 0 Å². The summed E-state index contributed by atoms with van der Waals surface area (Å²) in [6.45, 7) is 8.30. The molecular formula is C26H34Cl2N2O3S. The van der Waals surface area contributed by atoms with Crippen LogP contribution in [0.15, 0.2) is 48.5 Å². The monoisotopic (exact) mass is 524 g/mol. The molecule has 1 aromatic heterocycles. The largest absolute Gasteiger partial charge is 0.493 e. The smallest absolute Gasteiger partial charge is 0.203 e. The molecule has 3 aromatic rings. The summed E-state index contributed by atoms with van der Waals surface area (Å²) in [5, 5.41) is 0. The van der Waals surface area contributed by atoms with Gasteiger partial charge in [-0.3, -0.25) is 9.80 Å². The minimum Gasteiger partial charge on any atom is -0.493 e. The first kappa shape index (κ1) is 28.3. The molecule has 0 amide bonds. The van der Waals surface area contributed by atoms with Crippen LogP contribution >= 0.6 is 36.2 Å². The molecule has 4 rings (SSSR count). The van der Waals surface area contributed by atoms with Crippen molar-refractivity contribution in [3.05, 3.63) is 64.5 Å². The molecule has 0 saturated carbocycles. The number of hydrogen-bond donors (Lipinski definition) is 0. The Kier molecular flexibility index (Phi) is 11.0. The van der Waals surface area contributed by atoms with Crippen molar-refractivity contribution in [2.75, 3.05) is 47.5 Å². The standard InChI is InChI=1S/C26H32N2O3S.2ClH/c1-19-16-23(20-8-6-5-7-9-20)32-24(19)18-28-14-12-27(13-15-28)17-21-10-11-22(29-2)26(31-4)25(21)30-3;;/h5-11,16H,12-15,17-18H2,1-4H3;2*1H. The molecule has 0 atom stereocenters. The maximum atomic E-state index is 5.66. The molecule has 0 unspecified atom stereocenters. The summed E-state index contributed by atoms with van der Waals surface area (Å²) >= 11 is 1.92. The summed E-state index contributed by atoms with van der Waals surface area (Å²) in [6.07, 6.45) is 0. The van der Waals surface area contributed by atoms with Crippen LogP contribution in [0.1, 0.15) is 16.0 Å². The van der Waals surface area contributed by atoms with Crippen molar-refractivity contribution < 1.29 is 14.2 Å². The summed E-state index contributed by atoms with van der Waals surface area (Å²) in [5.41, 5.74) is 3.83. The van der Waals surface area contributed by atoms with Crippen LogP contribution in [0.4, 0.5) is 0 Å². The SMILES string of the molecule is COc1ccc(CN2CCN(Cc3sc(-c4ccccc4)cc3C)CC2)c(OC)c1OC.Cl.Cl. The molecule has 0 radical (unpaired) electrons. The van der Waals surface area contributed by atoms with Gasteiger partial charge in [-0.15, -0.1) is 36.2 Å². The first-order valence-corrected chi connectivity index (χ1v) is 11.8. The second-order valence-electron chi connectivity index (χ2n) is 8.13. The van der Waals surface area contributed by atoms with Gasteiger partial charge < -0.3 is 14.2 Å². The van der Waals surface area contributed by atoms with Crippen LogP contribution in [-0.2, 0) is 13.1 Å². The first-order valence-electron chi connectivity index (χ1n) is 11.0. The first-order chi connectivity index (χ1) is 15.6. The lowest BCUT2D eigenvalue weighted by molar-refractivity contribution is 0.121. The van der Waals surface area contributed by atoms with Crippen LogP contribution in [0.3, 0.4) is 0 Å². The lowest BCUT2D eigenvalue weighted by atomic mass is 10.1. The predicted molar refractivity (Wildman–Crippen MR) is 146 cm³/mol. The zero-order chi connectivity index (χ0) is 22.5. The number of nitrogens with zero attached hydrogens (tertiary/aromatic N) is 2. The number of benzene rings is 2. The van der Waals surface area contributed by atoms with Crippen molar-refractivity contribution in [2.45, 2.75) is 20.0 Å². The molecule has 0 bridgehead atoms. The minimum absolute atomic E-state index is 0. The Morgan fingerprint density at radius 3 is 1.97 bits per heavy atom. The highest BCUT2D eigenvalue weighted by Gasteiger charge is 2.22. The lowest BCUT2D eigenvalue weighted by Crippen LogP contribution is -2.45. The van der Waals surface area contributed by atoms with Gasteiger partial charge in [0.25, 0.3) is 0 Å². The van der Waals surface area contributed by atoms with E-state index in [4.69, 9.17) is 14.2 Å². The van der Waals surface area contributed by atoms with Gasteiger partial charge in [-0.05, 0) is 30.2 Å². The molecule has 1 aliphatic heterocycles. The number of rotatable bonds is 8. The molecule has 0 N–H and O–H groups in total. The Morgan fingerprint density at radius 2 is 1.38 bits per heavy atom. The van der Waals surface area contributed by atoms with E-state index >= 15 is 0 Å². The van der Waals surface area contributed by atoms with Crippen molar-refractivity contribution in [2.24, 2.45) is 0 Å². The van der Waals surface area contributed by atoms with Crippen molar-refractivity contribution in [3.63, 3.8) is 0 Å². The second-order valence-corrected chi connectivity index (χ2v) is 9.27. The molecule has 1 saturated heterocycles. The fourth-order valence-corrected chi connectivity index (χ4v) is 5.48. The molecule has 1 aliphatic rings. The van der Waals surface area contributed by atoms with Gasteiger partial charge in [-0.25, -0.2) is 0 Å². The zero-order valence-electron chi connectivity index (χ0n) is 20.2. The van der Waals surface area contributed by atoms with E-state index in [0.717, 1.165) is 50.6 Å². The molecule has 5 nitrogen and oxygen atoms in total. The summed E-state index contributed by atoms with van der Waals surface area (Å²) < 4.78 is 16.6. The lowest BCUT2D eigenvalue weighted by Gasteiger charge is -2.35. The molecule has 186 valence electrons. The van der Waals surface area contributed by atoms with E-state index in [0.29, 0.717) is 11.5 Å². The van der Waals surface area contributed by atoms with Gasteiger partial charge in [0.1, 0.15) is 0 Å². The molecule has 34 heavy (non-hydrogen) atoms. The molecule has 2 heterocycles. The zero-order valence-corrected chi connectivity index (χ0v) is 22.7. The highest BCUT2D eigenvalue weighted by atomic mass is 35.5. The topological polar surface area (TPSA) is 34.2 Å². The molecular weight excluding hydrogens is 491 g/mol. The van der Waals surface area contributed by atoms with Gasteiger partial charge in [-0.1, -0.05) is 36.4 Å². The number of thiophene rings is 1. The minimum atomic E-state index is 0. The highest BCUT2D eigenvalue weighted by molar-refractivity contribution is 7.15. The highest BCUT2D eigenvalue weighted by Crippen LogP contribution is 2.40. The average Bonchev–Trinajstić information content (AvgIpc) is 3.20. The Labute approximate surface area is 219 Å². The van der Waals surface area contributed by atoms with Gasteiger partial charge >= 0.3 is 0 Å². The van der Waals surface area contributed by atoms with E-state index in [-0.39, 0.29) is 24.8 Å². The maximum Gasteiger partial charge on any atom is 0.203 e. The van der Waals surface area contributed by atoms with Gasteiger partial charge in [0.05, 0.1) is 21.3 Å². The number of aryl methyl sites for hydroxylation is 1. The van der Waals surface area contributed by atoms with Crippen LogP contribution in [0, 0.1) is 6.92 Å². The van der Waals surface area contributed by atoms with Crippen LogP contribution in [0.25, 0.3) is 10.4 Å². The summed E-state index contributed by atoms with van der Waals surface area (Å²) in [7, 11) is 4.98. The van der Waals surface area contributed by atoms with Gasteiger partial charge in [0.15, 0.2) is 11.5 Å². The Hall–Kier alpha value is -1.96. The van der Waals surface area contributed by atoms with E-state index < -0.39 is 0 Å². The summed E-state index contributed by atoms with van der Waals surface area (Å²) in [5.74, 6) is 2.12. The third-order valence-electron chi connectivity index (χ3n) is 6.09. The number of hydrogen-bond acceptors (Lipinski definition) is 6. The number of ether oxygens (including phenoxy) is 3. The Morgan fingerprint density at radius 1 is 0.765 bits per heavy atom. The third-order valence-corrected chi connectivity index (χ3v) is 7.36. The van der Waals surface area contributed by atoms with Crippen LogP contribution in [-0.4, -0.2) is 57.3 Å². The van der Waals surface area contributed by atoms with Gasteiger partial charge in [0, 0.05) is 54.6 Å². The Balaban J connectivity index is 0.00000204. The molecule has 0 aliphatic carbocycles. The third kappa shape index (κ3) is 6.37. The molecule has 1 fully saturated rings. The molecule has 2 aromatic carbocycles. The van der Waals surface area contributed by atoms with Gasteiger partial charge in [0.2, 0.25) is 5.75 Å². The predicted octanol–water partition coefficient (Wildman–Crippen LogP) is 5.91. The van der Waals surface area contributed by atoms with E-state index in [1.54, 1.807) is 21.3 Å². The van der Waals surface area contributed by atoms with Crippen molar-refractivity contribution in [3.8, 4) is 27.7 Å². The molecule has 0 spiro atoms. The maximum absolute atomic E-state index is 5.66. The fraction of sp³-hybridized carbons (Fsp3) is 0.385. The number of methoxy groups -OCH3 is 3. The van der Waals surface area contributed by atoms with E-state index in [1.165, 1.54) is 20.9 Å². The second kappa shape index (κ2) is 13.2. The van der Waals surface area contributed by atoms with Gasteiger partial charge in [-0.2, -0.15) is 0 Å². The quantitative estimate of drug-likeness (QED) is 0.365. The van der Waals surface area contributed by atoms with Crippen LogP contribution < -0.4 is 14.2 Å². The van der Waals surface area contributed by atoms with E-state index in [1.807, 2.05) is 17.4 Å². The van der Waals surface area contributed by atoms with Crippen molar-refractivity contribution in [1.82, 2.24) is 9.80 Å². The number of halogens is 2. The van der Waals surface area contributed by atoms with Crippen LogP contribution in [0.5, 0.6) is 17.2 Å². The van der Waals surface area contributed by atoms with Crippen molar-refractivity contribution >= 4 is 36.2 Å². The average molecular weight is 526 g/mol. The fourth-order valence-electron chi connectivity index (χ4n) is 4.26. The number of piperazine rings is 1. The Bertz CT molecular complexity index is 1040.